The van der Waals surface area contributed by atoms with Crippen LogP contribution in [0.4, 0.5) is 23.5 Å². The molecule has 7 nitrogen and oxygen atoms in total. The smallest absolute Gasteiger partial charge is 0.243 e. The summed E-state index contributed by atoms with van der Waals surface area (Å²) < 4.78 is 1.09. The van der Waals surface area contributed by atoms with E-state index in [-0.39, 0.29) is 0 Å². The fourth-order valence-electron chi connectivity index (χ4n) is 1.82. The molecule has 0 fully saturated rings. The van der Waals surface area contributed by atoms with Gasteiger partial charge < -0.3 is 10.2 Å². The molecule has 21 heavy (non-hydrogen) atoms. The Balaban J connectivity index is 2.35. The predicted octanol–water partition coefficient (Wildman–Crippen LogP) is 2.35. The molecule has 0 unspecified atom stereocenters. The van der Waals surface area contributed by atoms with Crippen molar-refractivity contribution >= 4 is 46.1 Å². The number of nitrogens with two attached hydrogens (primary N) is 1. The van der Waals surface area contributed by atoms with Crippen LogP contribution in [0.25, 0.3) is 0 Å². The minimum atomic E-state index is 0.334. The third-order valence-electron chi connectivity index (χ3n) is 2.92. The summed E-state index contributed by atoms with van der Waals surface area (Å²) in [6.45, 7) is 5.73. The van der Waals surface area contributed by atoms with E-state index in [9.17, 15) is 0 Å². The van der Waals surface area contributed by atoms with Gasteiger partial charge in [0.15, 0.2) is 0 Å². The molecule has 1 aromatic heterocycles. The Labute approximate surface area is 137 Å². The van der Waals surface area contributed by atoms with Crippen molar-refractivity contribution in [3.8, 4) is 0 Å². The highest BCUT2D eigenvalue weighted by Gasteiger charge is 2.11. The van der Waals surface area contributed by atoms with E-state index >= 15 is 0 Å². The van der Waals surface area contributed by atoms with Crippen molar-refractivity contribution in [3.05, 3.63) is 27.8 Å². The van der Waals surface area contributed by atoms with Crippen LogP contribution < -0.4 is 21.5 Å². The van der Waals surface area contributed by atoms with Crippen LogP contribution >= 0.6 is 22.6 Å². The number of benzene rings is 1. The van der Waals surface area contributed by atoms with Gasteiger partial charge in [0.25, 0.3) is 0 Å². The first-order valence-corrected chi connectivity index (χ1v) is 7.75. The van der Waals surface area contributed by atoms with Crippen molar-refractivity contribution in [1.29, 1.82) is 0 Å². The first-order valence-electron chi connectivity index (χ1n) is 6.67. The zero-order valence-electron chi connectivity index (χ0n) is 12.0. The number of hydrogen-bond acceptors (Lipinski definition) is 7. The maximum absolute atomic E-state index is 5.44. The Bertz CT molecular complexity index is 601. The van der Waals surface area contributed by atoms with E-state index < -0.39 is 0 Å². The van der Waals surface area contributed by atoms with Crippen LogP contribution in [0.3, 0.4) is 0 Å². The van der Waals surface area contributed by atoms with Crippen molar-refractivity contribution in [1.82, 2.24) is 15.0 Å². The van der Waals surface area contributed by atoms with Crippen molar-refractivity contribution in [2.24, 2.45) is 5.84 Å². The highest BCUT2D eigenvalue weighted by molar-refractivity contribution is 14.1. The molecule has 0 bridgehead atoms. The SMILES string of the molecule is CCN(CC)c1nc(NN)nc(Nc2ccccc2I)n1. The average molecular weight is 399 g/mol. The molecule has 4 N–H and O–H groups in total. The Kier molecular flexibility index (Phi) is 5.51. The van der Waals surface area contributed by atoms with E-state index in [1.54, 1.807) is 0 Å². The van der Waals surface area contributed by atoms with Gasteiger partial charge in [-0.05, 0) is 48.6 Å². The van der Waals surface area contributed by atoms with Crippen LogP contribution in [0.15, 0.2) is 24.3 Å². The zero-order valence-corrected chi connectivity index (χ0v) is 14.1. The lowest BCUT2D eigenvalue weighted by Gasteiger charge is -2.19. The molecule has 1 heterocycles. The summed E-state index contributed by atoms with van der Waals surface area (Å²) >= 11 is 2.26. The predicted molar refractivity (Wildman–Crippen MR) is 93.6 cm³/mol. The number of para-hydroxylation sites is 1. The van der Waals surface area contributed by atoms with Gasteiger partial charge in [-0.3, -0.25) is 5.43 Å². The van der Waals surface area contributed by atoms with Crippen molar-refractivity contribution in [2.45, 2.75) is 13.8 Å². The average Bonchev–Trinajstić information content (AvgIpc) is 2.50. The number of nitrogens with one attached hydrogen (secondary N) is 2. The molecule has 0 radical (unpaired) electrons. The molecule has 2 rings (SSSR count). The highest BCUT2D eigenvalue weighted by Crippen LogP contribution is 2.21. The molecule has 0 aliphatic carbocycles. The number of aromatic nitrogens is 3. The lowest BCUT2D eigenvalue weighted by molar-refractivity contribution is 0.814. The van der Waals surface area contributed by atoms with Gasteiger partial charge in [0.1, 0.15) is 0 Å². The minimum Gasteiger partial charge on any atom is -0.341 e. The molecule has 0 aliphatic rings. The summed E-state index contributed by atoms with van der Waals surface area (Å²) in [6.07, 6.45) is 0. The summed E-state index contributed by atoms with van der Waals surface area (Å²) in [4.78, 5) is 15.0. The third kappa shape index (κ3) is 3.91. The molecule has 0 spiro atoms. The summed E-state index contributed by atoms with van der Waals surface area (Å²) in [5.41, 5.74) is 3.42. The van der Waals surface area contributed by atoms with Crippen LogP contribution in [-0.4, -0.2) is 28.0 Å². The number of anilines is 4. The standard InChI is InChI=1S/C13H18IN7/c1-3-21(4-2)13-18-11(17-12(19-13)20-15)16-10-8-6-5-7-9(10)14/h5-8H,3-4,15H2,1-2H3,(H2,16,17,18,19,20). The van der Waals surface area contributed by atoms with Gasteiger partial charge in [-0.1, -0.05) is 12.1 Å². The van der Waals surface area contributed by atoms with Gasteiger partial charge in [-0.25, -0.2) is 5.84 Å². The summed E-state index contributed by atoms with van der Waals surface area (Å²) in [5.74, 6) is 6.83. The van der Waals surface area contributed by atoms with E-state index in [1.165, 1.54) is 0 Å². The summed E-state index contributed by atoms with van der Waals surface area (Å²) in [7, 11) is 0. The third-order valence-corrected chi connectivity index (χ3v) is 3.86. The largest absolute Gasteiger partial charge is 0.341 e. The highest BCUT2D eigenvalue weighted by atomic mass is 127. The van der Waals surface area contributed by atoms with Crippen molar-refractivity contribution in [3.63, 3.8) is 0 Å². The lowest BCUT2D eigenvalue weighted by Crippen LogP contribution is -2.26. The van der Waals surface area contributed by atoms with Crippen LogP contribution in [0.5, 0.6) is 0 Å². The number of hydrogen-bond donors (Lipinski definition) is 3. The molecular weight excluding hydrogens is 381 g/mol. The zero-order chi connectivity index (χ0) is 15.2. The second-order valence-corrected chi connectivity index (χ2v) is 5.37. The summed E-state index contributed by atoms with van der Waals surface area (Å²) in [5, 5.41) is 3.20. The number of rotatable bonds is 6. The normalized spacial score (nSPS) is 10.3. The molecule has 112 valence electrons. The van der Waals surface area contributed by atoms with Gasteiger partial charge in [0.2, 0.25) is 17.8 Å². The second-order valence-electron chi connectivity index (χ2n) is 4.20. The molecule has 0 saturated carbocycles. The molecule has 2 aromatic rings. The molecule has 0 saturated heterocycles. The molecular formula is C13H18IN7. The first kappa shape index (κ1) is 15.7. The number of nitrogen functional groups attached to an aromatic ring is 1. The first-order chi connectivity index (χ1) is 10.2. The van der Waals surface area contributed by atoms with Crippen LogP contribution in [-0.2, 0) is 0 Å². The Hall–Kier alpha value is -1.68. The molecule has 8 heteroatoms. The lowest BCUT2D eigenvalue weighted by atomic mass is 10.3. The van der Waals surface area contributed by atoms with E-state index in [1.807, 2.05) is 29.2 Å². The van der Waals surface area contributed by atoms with Gasteiger partial charge >= 0.3 is 0 Å². The fourth-order valence-corrected chi connectivity index (χ4v) is 2.34. The number of nitrogens with zero attached hydrogens (tertiary/aromatic N) is 4. The topological polar surface area (TPSA) is 92.0 Å². The molecule has 0 aliphatic heterocycles. The maximum Gasteiger partial charge on any atom is 0.243 e. The van der Waals surface area contributed by atoms with Crippen LogP contribution in [0.1, 0.15) is 13.8 Å². The number of hydrazine groups is 1. The Morgan fingerprint density at radius 1 is 1.10 bits per heavy atom. The molecule has 0 atom stereocenters. The molecule has 0 amide bonds. The quantitative estimate of drug-likeness (QED) is 0.390. The van der Waals surface area contributed by atoms with E-state index in [2.05, 4.69) is 62.1 Å². The van der Waals surface area contributed by atoms with Gasteiger partial charge in [0, 0.05) is 16.7 Å². The Morgan fingerprint density at radius 3 is 2.38 bits per heavy atom. The van der Waals surface area contributed by atoms with E-state index in [4.69, 9.17) is 5.84 Å². The Morgan fingerprint density at radius 2 is 1.76 bits per heavy atom. The fraction of sp³-hybridized carbons (Fsp3) is 0.308. The van der Waals surface area contributed by atoms with E-state index in [0.717, 1.165) is 22.3 Å². The number of halogens is 1. The van der Waals surface area contributed by atoms with Gasteiger partial charge in [0.05, 0.1) is 5.69 Å². The van der Waals surface area contributed by atoms with Crippen molar-refractivity contribution in [2.75, 3.05) is 28.7 Å². The van der Waals surface area contributed by atoms with E-state index in [0.29, 0.717) is 17.8 Å². The monoisotopic (exact) mass is 399 g/mol. The molecule has 1 aromatic carbocycles. The van der Waals surface area contributed by atoms with Crippen molar-refractivity contribution < 1.29 is 0 Å². The maximum atomic E-state index is 5.44. The van der Waals surface area contributed by atoms with Gasteiger partial charge in [-0.2, -0.15) is 15.0 Å². The summed E-state index contributed by atoms with van der Waals surface area (Å²) in [6, 6.07) is 7.92. The van der Waals surface area contributed by atoms with Crippen LogP contribution in [0.2, 0.25) is 0 Å². The second kappa shape index (κ2) is 7.36. The minimum absolute atomic E-state index is 0.334. The van der Waals surface area contributed by atoms with Gasteiger partial charge in [-0.15, -0.1) is 0 Å². The van der Waals surface area contributed by atoms with Crippen LogP contribution in [0, 0.1) is 3.57 Å².